The average molecular weight is 639 g/mol. The number of nitrogens with zero attached hydrogens (tertiary/aromatic N) is 1. The number of thioether (sulfide) groups is 1. The minimum absolute atomic E-state index is 0.335. The van der Waals surface area contributed by atoms with Gasteiger partial charge in [0.2, 0.25) is 0 Å². The number of aromatic nitrogens is 1. The van der Waals surface area contributed by atoms with Gasteiger partial charge in [-0.15, -0.1) is 11.8 Å². The van der Waals surface area contributed by atoms with Gasteiger partial charge in [0.15, 0.2) is 18.4 Å². The van der Waals surface area contributed by atoms with Crippen LogP contribution in [-0.4, -0.2) is 15.4 Å². The molecule has 9 heteroatoms. The molecule has 3 aromatic rings. The topological polar surface area (TPSA) is 3.88 Å². The van der Waals surface area contributed by atoms with E-state index in [4.69, 9.17) is 53.0 Å². The molecule has 1 aliphatic rings. The summed E-state index contributed by atoms with van der Waals surface area (Å²) in [6, 6.07) is 24.3. The molecule has 0 fully saturated rings. The van der Waals surface area contributed by atoms with Crippen LogP contribution in [0.2, 0.25) is 0 Å². The van der Waals surface area contributed by atoms with Gasteiger partial charge in [-0.05, 0) is 22.9 Å². The van der Waals surface area contributed by atoms with Crippen LogP contribution in [-0.2, 0) is 0 Å². The molecular formula is C20H18Cl6NSSb. The Bertz CT molecular complexity index is 997. The van der Waals surface area contributed by atoms with Crippen molar-refractivity contribution in [2.75, 3.05) is 6.26 Å². The van der Waals surface area contributed by atoms with Gasteiger partial charge in [-0.3, -0.25) is 0 Å². The van der Waals surface area contributed by atoms with Crippen LogP contribution < -0.4 is 4.57 Å². The molecule has 1 aliphatic carbocycles. The van der Waals surface area contributed by atoms with Gasteiger partial charge in [0.25, 0.3) is 0 Å². The van der Waals surface area contributed by atoms with Crippen LogP contribution in [0.5, 0.6) is 0 Å². The van der Waals surface area contributed by atoms with E-state index in [1.165, 1.54) is 22.3 Å². The number of fused-ring (bicyclic) bond motifs is 3. The van der Waals surface area contributed by atoms with Gasteiger partial charge in [0.1, 0.15) is 0 Å². The number of halogens is 6. The predicted octanol–water partition coefficient (Wildman–Crippen LogP) is 8.40. The van der Waals surface area contributed by atoms with Crippen molar-refractivity contribution in [1.82, 2.24) is 0 Å². The Morgan fingerprint density at radius 3 is 1.66 bits per heavy atom. The predicted molar refractivity (Wildman–Crippen MR) is 134 cm³/mol. The number of benzene rings is 2. The molecule has 0 spiro atoms. The van der Waals surface area contributed by atoms with E-state index in [1.807, 2.05) is 11.8 Å². The van der Waals surface area contributed by atoms with Crippen molar-refractivity contribution in [1.29, 1.82) is 0 Å². The van der Waals surface area contributed by atoms with E-state index >= 15 is 0 Å². The Kier molecular flexibility index (Phi) is 7.04. The van der Waals surface area contributed by atoms with Crippen LogP contribution in [0, 0.1) is 0 Å². The number of pyridine rings is 1. The van der Waals surface area contributed by atoms with Gasteiger partial charge in [-0.25, -0.2) is 0 Å². The molecule has 0 saturated heterocycles. The summed E-state index contributed by atoms with van der Waals surface area (Å²) in [6.45, 7) is 0. The third-order valence-corrected chi connectivity index (χ3v) is 5.46. The zero-order valence-corrected chi connectivity index (χ0v) is 23.1. The molecule has 1 nitrogen and oxygen atoms in total. The number of hydrogen-bond acceptors (Lipinski definition) is 1. The summed E-state index contributed by atoms with van der Waals surface area (Å²) < 4.78 is 2.34. The summed E-state index contributed by atoms with van der Waals surface area (Å²) in [5.74, 6) is 0. The molecule has 4 rings (SSSR count). The monoisotopic (exact) mass is 635 g/mol. The Morgan fingerprint density at radius 1 is 0.690 bits per heavy atom. The van der Waals surface area contributed by atoms with Crippen molar-refractivity contribution in [3.8, 4) is 11.1 Å². The zero-order chi connectivity index (χ0) is 21.3. The molecule has 0 unspecified atom stereocenters. The van der Waals surface area contributed by atoms with Crippen molar-refractivity contribution in [3.05, 3.63) is 90.3 Å². The average Bonchev–Trinajstić information content (AvgIpc) is 2.65. The summed E-state index contributed by atoms with van der Waals surface area (Å²) in [4.78, 5) is 0. The van der Waals surface area contributed by atoms with Crippen molar-refractivity contribution in [2.24, 2.45) is 0 Å². The molecule has 2 aromatic carbocycles. The Morgan fingerprint density at radius 2 is 1.14 bits per heavy atom. The third kappa shape index (κ3) is 7.26. The van der Waals surface area contributed by atoms with Crippen LogP contribution in [0.1, 0.15) is 22.4 Å². The van der Waals surface area contributed by atoms with Crippen LogP contribution in [0.25, 0.3) is 11.1 Å². The minimum atomic E-state index is -5.42. The SMILES string of the molecule is CS[C@H]1c2ccccc2-c2ccccc2[C@@H]1[n+]1ccccc1.[Cl][Sb-]([Cl])([Cl])([Cl])([Cl])[Cl]. The van der Waals surface area contributed by atoms with Crippen molar-refractivity contribution in [2.45, 2.75) is 11.3 Å². The summed E-state index contributed by atoms with van der Waals surface area (Å²) >= 11 is 1.93. The standard InChI is InChI=1S/C20H18NS.6ClH.Sb/c1-22-20-18-12-6-4-10-16(18)15-9-3-5-11-17(15)19(20)21-13-7-2-8-14-21;;;;;;;/h2-14,19-20H,1H3;6*1H;/q+1;;;;;;;+5/p-6/t19-,20-;;;;;;;/m0......./s1. The van der Waals surface area contributed by atoms with Crippen molar-refractivity contribution in [3.63, 3.8) is 0 Å². The van der Waals surface area contributed by atoms with E-state index < -0.39 is 9.14 Å². The van der Waals surface area contributed by atoms with E-state index in [0.717, 1.165) is 0 Å². The third-order valence-electron chi connectivity index (χ3n) is 4.44. The number of hydrogen-bond donors (Lipinski definition) is 0. The van der Waals surface area contributed by atoms with Gasteiger partial charge in [0, 0.05) is 17.7 Å². The van der Waals surface area contributed by atoms with Gasteiger partial charge >= 0.3 is 62.1 Å². The molecule has 0 bridgehead atoms. The van der Waals surface area contributed by atoms with Gasteiger partial charge in [-0.1, -0.05) is 54.6 Å². The fraction of sp³-hybridized carbons (Fsp3) is 0.150. The van der Waals surface area contributed by atoms with Gasteiger partial charge in [-0.2, -0.15) is 4.57 Å². The maximum absolute atomic E-state index is 5.42. The molecule has 156 valence electrons. The van der Waals surface area contributed by atoms with E-state index in [9.17, 15) is 0 Å². The van der Waals surface area contributed by atoms with Crippen molar-refractivity contribution < 1.29 is 4.57 Å². The zero-order valence-electron chi connectivity index (χ0n) is 15.2. The van der Waals surface area contributed by atoms with Crippen LogP contribution >= 0.6 is 64.7 Å². The Labute approximate surface area is 195 Å². The summed E-state index contributed by atoms with van der Waals surface area (Å²) in [7, 11) is 25.0. The fourth-order valence-electron chi connectivity index (χ4n) is 3.49. The molecule has 2 atom stereocenters. The van der Waals surface area contributed by atoms with Gasteiger partial charge < -0.3 is 0 Å². The van der Waals surface area contributed by atoms with E-state index in [0.29, 0.717) is 11.3 Å². The molecule has 0 saturated carbocycles. The first-order valence-electron chi connectivity index (χ1n) is 8.58. The molecule has 0 radical (unpaired) electrons. The van der Waals surface area contributed by atoms with E-state index in [1.54, 1.807) is 0 Å². The molecule has 0 amide bonds. The summed E-state index contributed by atoms with van der Waals surface area (Å²) in [5.41, 5.74) is 5.60. The summed E-state index contributed by atoms with van der Waals surface area (Å²) in [6.07, 6.45) is 6.57. The second-order valence-corrected chi connectivity index (χ2v) is 64.4. The molecule has 0 N–H and O–H groups in total. The van der Waals surface area contributed by atoms with Crippen LogP contribution in [0.15, 0.2) is 79.1 Å². The fourth-order valence-corrected chi connectivity index (χ4v) is 4.50. The van der Waals surface area contributed by atoms with Gasteiger partial charge in [0.05, 0.1) is 5.25 Å². The Hall–Kier alpha value is 0.498. The molecule has 0 aliphatic heterocycles. The molecule has 1 heterocycles. The molecule has 29 heavy (non-hydrogen) atoms. The van der Waals surface area contributed by atoms with Crippen LogP contribution in [0.4, 0.5) is 0 Å². The normalized spacial score (nSPS) is 20.2. The van der Waals surface area contributed by atoms with E-state index in [2.05, 4.69) is 89.9 Å². The maximum atomic E-state index is 5.06. The van der Waals surface area contributed by atoms with Crippen molar-refractivity contribution >= 4 is 73.9 Å². The number of rotatable bonds is 2. The van der Waals surface area contributed by atoms with Crippen LogP contribution in [0.3, 0.4) is 0 Å². The first-order valence-corrected chi connectivity index (χ1v) is 29.3. The van der Waals surface area contributed by atoms with E-state index in [-0.39, 0.29) is 0 Å². The molecular weight excluding hydrogens is 621 g/mol. The second-order valence-electron chi connectivity index (χ2n) is 6.56. The summed E-state index contributed by atoms with van der Waals surface area (Å²) in [5, 5.41) is 0.429. The first-order chi connectivity index (χ1) is 13.3. The molecule has 1 aromatic heterocycles. The second kappa shape index (κ2) is 8.45. The first kappa shape index (κ1) is 24.1. The quantitative estimate of drug-likeness (QED) is 0.201. The Balaban J connectivity index is 0.000000298.